The second-order valence-electron chi connectivity index (χ2n) is 6.42. The van der Waals surface area contributed by atoms with E-state index in [9.17, 15) is 0 Å². The van der Waals surface area contributed by atoms with Crippen molar-refractivity contribution < 1.29 is 4.74 Å². The molecule has 1 aromatic rings. The van der Waals surface area contributed by atoms with Gasteiger partial charge in [0.1, 0.15) is 5.75 Å². The van der Waals surface area contributed by atoms with Gasteiger partial charge in [-0.25, -0.2) is 0 Å². The Morgan fingerprint density at radius 2 is 2.05 bits per heavy atom. The lowest BCUT2D eigenvalue weighted by atomic mass is 9.82. The predicted molar refractivity (Wildman–Crippen MR) is 82.9 cm³/mol. The molecule has 0 radical (unpaired) electrons. The predicted octanol–water partition coefficient (Wildman–Crippen LogP) is 4.14. The molecule has 1 N–H and O–H groups in total. The summed E-state index contributed by atoms with van der Waals surface area (Å²) in [5, 5.41) is 3.76. The fourth-order valence-corrected chi connectivity index (χ4v) is 3.58. The van der Waals surface area contributed by atoms with Gasteiger partial charge in [-0.2, -0.15) is 0 Å². The Kier molecular flexibility index (Phi) is 4.62. The third-order valence-electron chi connectivity index (χ3n) is 4.81. The van der Waals surface area contributed by atoms with E-state index in [1.807, 2.05) is 13.0 Å². The highest BCUT2D eigenvalue weighted by Crippen LogP contribution is 2.43. The zero-order chi connectivity index (χ0) is 13.8. The van der Waals surface area contributed by atoms with Gasteiger partial charge in [0.15, 0.2) is 0 Å². The van der Waals surface area contributed by atoms with Gasteiger partial charge in [-0.05, 0) is 62.1 Å². The van der Waals surface area contributed by atoms with E-state index in [0.29, 0.717) is 0 Å². The summed E-state index contributed by atoms with van der Waals surface area (Å²) >= 11 is 0. The zero-order valence-corrected chi connectivity index (χ0v) is 12.6. The van der Waals surface area contributed by atoms with Gasteiger partial charge in [-0.1, -0.05) is 25.0 Å². The van der Waals surface area contributed by atoms with Crippen molar-refractivity contribution in [2.75, 3.05) is 6.61 Å². The van der Waals surface area contributed by atoms with Crippen LogP contribution >= 0.6 is 0 Å². The van der Waals surface area contributed by atoms with Crippen LogP contribution in [-0.4, -0.2) is 12.6 Å². The van der Waals surface area contributed by atoms with E-state index in [4.69, 9.17) is 4.74 Å². The molecular weight excluding hydrogens is 246 g/mol. The average molecular weight is 273 g/mol. The van der Waals surface area contributed by atoms with Crippen molar-refractivity contribution in [3.05, 3.63) is 29.8 Å². The van der Waals surface area contributed by atoms with E-state index >= 15 is 0 Å². The molecule has 0 heterocycles. The normalized spacial score (nSPS) is 26.4. The summed E-state index contributed by atoms with van der Waals surface area (Å²) in [6.45, 7) is 3.75. The van der Waals surface area contributed by atoms with Crippen LogP contribution in [0, 0.1) is 11.8 Å². The lowest BCUT2D eigenvalue weighted by Gasteiger charge is -2.30. The van der Waals surface area contributed by atoms with Crippen LogP contribution < -0.4 is 10.1 Å². The van der Waals surface area contributed by atoms with Gasteiger partial charge in [0.2, 0.25) is 0 Å². The minimum atomic E-state index is 0.727. The van der Waals surface area contributed by atoms with Crippen molar-refractivity contribution in [2.45, 2.75) is 58.0 Å². The standard InChI is InChI=1S/C18H27NO/c1-2-20-18-8-3-5-14(11-18)13-19-17-7-4-6-16(12-17)15-9-10-15/h3,5,8,11,15-17,19H,2,4,6-7,9-10,12-13H2,1H3. The molecule has 110 valence electrons. The van der Waals surface area contributed by atoms with Gasteiger partial charge in [-0.15, -0.1) is 0 Å². The van der Waals surface area contributed by atoms with Crippen molar-refractivity contribution in [1.82, 2.24) is 5.32 Å². The Morgan fingerprint density at radius 1 is 1.15 bits per heavy atom. The number of benzene rings is 1. The Balaban J connectivity index is 1.49. The SMILES string of the molecule is CCOc1cccc(CNC2CCCC(C3CC3)C2)c1. The molecule has 2 fully saturated rings. The summed E-state index contributed by atoms with van der Waals surface area (Å²) in [5.74, 6) is 3.07. The summed E-state index contributed by atoms with van der Waals surface area (Å²) < 4.78 is 5.57. The molecule has 0 amide bonds. The average Bonchev–Trinajstić information content (AvgIpc) is 3.31. The molecule has 2 aliphatic rings. The highest BCUT2D eigenvalue weighted by molar-refractivity contribution is 5.28. The maximum Gasteiger partial charge on any atom is 0.119 e. The van der Waals surface area contributed by atoms with Gasteiger partial charge < -0.3 is 10.1 Å². The summed E-state index contributed by atoms with van der Waals surface area (Å²) in [4.78, 5) is 0. The zero-order valence-electron chi connectivity index (χ0n) is 12.6. The second kappa shape index (κ2) is 6.62. The molecule has 2 nitrogen and oxygen atoms in total. The first kappa shape index (κ1) is 13.9. The number of hydrogen-bond acceptors (Lipinski definition) is 2. The number of rotatable bonds is 6. The molecule has 0 aliphatic heterocycles. The van der Waals surface area contributed by atoms with Crippen molar-refractivity contribution in [3.8, 4) is 5.75 Å². The van der Waals surface area contributed by atoms with Crippen LogP contribution in [0.15, 0.2) is 24.3 Å². The van der Waals surface area contributed by atoms with Crippen LogP contribution in [0.2, 0.25) is 0 Å². The molecule has 20 heavy (non-hydrogen) atoms. The molecule has 0 bridgehead atoms. The van der Waals surface area contributed by atoms with E-state index in [1.165, 1.54) is 44.1 Å². The topological polar surface area (TPSA) is 21.3 Å². The minimum absolute atomic E-state index is 0.727. The molecule has 0 aromatic heterocycles. The smallest absolute Gasteiger partial charge is 0.119 e. The quantitative estimate of drug-likeness (QED) is 0.841. The highest BCUT2D eigenvalue weighted by atomic mass is 16.5. The summed E-state index contributed by atoms with van der Waals surface area (Å²) in [6, 6.07) is 9.21. The first-order chi connectivity index (χ1) is 9.85. The van der Waals surface area contributed by atoms with Gasteiger partial charge >= 0.3 is 0 Å². The van der Waals surface area contributed by atoms with Crippen molar-refractivity contribution >= 4 is 0 Å². The maximum absolute atomic E-state index is 5.57. The third kappa shape index (κ3) is 3.76. The molecule has 2 atom stereocenters. The number of hydrogen-bond donors (Lipinski definition) is 1. The first-order valence-electron chi connectivity index (χ1n) is 8.30. The van der Waals surface area contributed by atoms with Crippen LogP contribution in [0.3, 0.4) is 0 Å². The van der Waals surface area contributed by atoms with E-state index in [2.05, 4.69) is 23.5 Å². The molecule has 1 aromatic carbocycles. The fourth-order valence-electron chi connectivity index (χ4n) is 3.58. The third-order valence-corrected chi connectivity index (χ3v) is 4.81. The van der Waals surface area contributed by atoms with Crippen LogP contribution in [-0.2, 0) is 6.54 Å². The van der Waals surface area contributed by atoms with Gasteiger partial charge in [0, 0.05) is 12.6 Å². The van der Waals surface area contributed by atoms with E-state index in [1.54, 1.807) is 0 Å². The lowest BCUT2D eigenvalue weighted by Crippen LogP contribution is -2.34. The second-order valence-corrected chi connectivity index (χ2v) is 6.42. The van der Waals surface area contributed by atoms with Crippen molar-refractivity contribution in [1.29, 1.82) is 0 Å². The Morgan fingerprint density at radius 3 is 2.85 bits per heavy atom. The molecule has 3 rings (SSSR count). The van der Waals surface area contributed by atoms with Crippen molar-refractivity contribution in [3.63, 3.8) is 0 Å². The molecule has 0 spiro atoms. The first-order valence-corrected chi connectivity index (χ1v) is 8.30. The Labute approximate surface area is 122 Å². The van der Waals surface area contributed by atoms with Gasteiger partial charge in [0.25, 0.3) is 0 Å². The van der Waals surface area contributed by atoms with Crippen LogP contribution in [0.25, 0.3) is 0 Å². The number of nitrogens with one attached hydrogen (secondary N) is 1. The van der Waals surface area contributed by atoms with Crippen molar-refractivity contribution in [2.24, 2.45) is 11.8 Å². The minimum Gasteiger partial charge on any atom is -0.494 e. The van der Waals surface area contributed by atoms with E-state index in [0.717, 1.165) is 36.8 Å². The molecule has 0 saturated heterocycles. The molecule has 2 unspecified atom stereocenters. The van der Waals surface area contributed by atoms with Crippen LogP contribution in [0.5, 0.6) is 5.75 Å². The molecule has 2 aliphatic carbocycles. The van der Waals surface area contributed by atoms with Crippen LogP contribution in [0.4, 0.5) is 0 Å². The Hall–Kier alpha value is -1.02. The monoisotopic (exact) mass is 273 g/mol. The lowest BCUT2D eigenvalue weighted by molar-refractivity contribution is 0.260. The molecule has 2 saturated carbocycles. The summed E-state index contributed by atoms with van der Waals surface area (Å²) in [7, 11) is 0. The summed E-state index contributed by atoms with van der Waals surface area (Å²) in [5.41, 5.74) is 1.34. The maximum atomic E-state index is 5.57. The van der Waals surface area contributed by atoms with E-state index < -0.39 is 0 Å². The van der Waals surface area contributed by atoms with Gasteiger partial charge in [0.05, 0.1) is 6.61 Å². The molecular formula is C18H27NO. The van der Waals surface area contributed by atoms with Crippen LogP contribution in [0.1, 0.15) is 51.0 Å². The largest absolute Gasteiger partial charge is 0.494 e. The highest BCUT2D eigenvalue weighted by Gasteiger charge is 2.34. The van der Waals surface area contributed by atoms with Gasteiger partial charge in [-0.3, -0.25) is 0 Å². The number of ether oxygens (including phenoxy) is 1. The van der Waals surface area contributed by atoms with E-state index in [-0.39, 0.29) is 0 Å². The fraction of sp³-hybridized carbons (Fsp3) is 0.667. The molecule has 2 heteroatoms. The summed E-state index contributed by atoms with van der Waals surface area (Å²) in [6.07, 6.45) is 8.63. The Bertz CT molecular complexity index is 427.